The Bertz CT molecular complexity index is 1470. The Balaban J connectivity index is 0.000000236. The molecule has 0 saturated heterocycles. The summed E-state index contributed by atoms with van der Waals surface area (Å²) in [5.41, 5.74) is 5.23. The highest BCUT2D eigenvalue weighted by molar-refractivity contribution is 5.97. The lowest BCUT2D eigenvalue weighted by atomic mass is 9.71. The fourth-order valence-electron chi connectivity index (χ4n) is 6.67. The SMILES string of the molecule is CC(=O)c1ccc(C2=C(C(C)(C)C)C(C)(C)CO2)cc1O.COc1cc(C2=C(C(C)(C)C)C(C)(C)CO2)ccc1C(C)=O. The molecule has 0 spiro atoms. The van der Waals surface area contributed by atoms with Gasteiger partial charge in [0.25, 0.3) is 0 Å². The van der Waals surface area contributed by atoms with Crippen LogP contribution in [0.5, 0.6) is 11.5 Å². The fraction of sp³-hybridized carbons (Fsp3) is 0.514. The molecular weight excluding hydrogens is 540 g/mol. The van der Waals surface area contributed by atoms with Crippen LogP contribution < -0.4 is 4.74 Å². The number of carbonyl (C=O) groups excluding carboxylic acids is 2. The molecule has 2 aliphatic rings. The Morgan fingerprint density at radius 3 is 1.47 bits per heavy atom. The van der Waals surface area contributed by atoms with E-state index in [4.69, 9.17) is 14.2 Å². The highest BCUT2D eigenvalue weighted by atomic mass is 16.5. The molecule has 0 fully saturated rings. The number of Topliss-reactive ketones (excluding diaryl/α,β-unsaturated/α-hetero) is 2. The van der Waals surface area contributed by atoms with E-state index >= 15 is 0 Å². The summed E-state index contributed by atoms with van der Waals surface area (Å²) in [4.78, 5) is 23.1. The fourth-order valence-corrected chi connectivity index (χ4v) is 6.67. The van der Waals surface area contributed by atoms with Crippen molar-refractivity contribution in [1.82, 2.24) is 0 Å². The van der Waals surface area contributed by atoms with Gasteiger partial charge in [-0.05, 0) is 60.1 Å². The van der Waals surface area contributed by atoms with Crippen LogP contribution in [0.2, 0.25) is 0 Å². The first-order valence-corrected chi connectivity index (χ1v) is 14.9. The zero-order valence-electron chi connectivity index (χ0n) is 28.4. The van der Waals surface area contributed by atoms with Gasteiger partial charge in [0.05, 0.1) is 31.5 Å². The minimum absolute atomic E-state index is 0.0000651. The summed E-state index contributed by atoms with van der Waals surface area (Å²) in [6.45, 7) is 26.2. The topological polar surface area (TPSA) is 82.1 Å². The quantitative estimate of drug-likeness (QED) is 0.350. The van der Waals surface area contributed by atoms with Crippen LogP contribution in [-0.2, 0) is 9.47 Å². The van der Waals surface area contributed by atoms with E-state index in [1.54, 1.807) is 26.2 Å². The third kappa shape index (κ3) is 7.17. The summed E-state index contributed by atoms with van der Waals surface area (Å²) in [6, 6.07) is 10.8. The van der Waals surface area contributed by atoms with Gasteiger partial charge in [0, 0.05) is 22.0 Å². The van der Waals surface area contributed by atoms with Crippen LogP contribution in [-0.4, -0.2) is 37.0 Å². The number of methoxy groups -OCH3 is 1. The van der Waals surface area contributed by atoms with Crippen molar-refractivity contribution in [2.24, 2.45) is 21.7 Å². The van der Waals surface area contributed by atoms with Crippen molar-refractivity contribution in [1.29, 1.82) is 0 Å². The lowest BCUT2D eigenvalue weighted by Gasteiger charge is -2.31. The van der Waals surface area contributed by atoms with E-state index in [0.29, 0.717) is 30.1 Å². The summed E-state index contributed by atoms with van der Waals surface area (Å²) in [7, 11) is 1.59. The van der Waals surface area contributed by atoms with Crippen molar-refractivity contribution < 1.29 is 28.9 Å². The second kappa shape index (κ2) is 11.9. The van der Waals surface area contributed by atoms with Crippen molar-refractivity contribution in [2.75, 3.05) is 20.3 Å². The number of hydrogen-bond donors (Lipinski definition) is 1. The summed E-state index contributed by atoms with van der Waals surface area (Å²) >= 11 is 0. The summed E-state index contributed by atoms with van der Waals surface area (Å²) < 4.78 is 17.3. The van der Waals surface area contributed by atoms with Crippen LogP contribution in [0.3, 0.4) is 0 Å². The number of rotatable bonds is 5. The number of ether oxygens (including phenoxy) is 3. The molecule has 43 heavy (non-hydrogen) atoms. The molecule has 2 aromatic carbocycles. The maximum Gasteiger partial charge on any atom is 0.163 e. The third-order valence-electron chi connectivity index (χ3n) is 7.94. The number of ketones is 2. The zero-order valence-corrected chi connectivity index (χ0v) is 28.4. The maximum atomic E-state index is 11.7. The van der Waals surface area contributed by atoms with E-state index in [0.717, 1.165) is 22.6 Å². The van der Waals surface area contributed by atoms with E-state index in [9.17, 15) is 14.7 Å². The van der Waals surface area contributed by atoms with Crippen molar-refractivity contribution >= 4 is 23.1 Å². The average molecular weight is 591 g/mol. The Hall–Kier alpha value is -3.54. The van der Waals surface area contributed by atoms with Crippen molar-refractivity contribution in [3.63, 3.8) is 0 Å². The van der Waals surface area contributed by atoms with E-state index < -0.39 is 0 Å². The van der Waals surface area contributed by atoms with Crippen LogP contribution >= 0.6 is 0 Å². The largest absolute Gasteiger partial charge is 0.507 e. The molecule has 0 atom stereocenters. The molecule has 0 aromatic heterocycles. The highest BCUT2D eigenvalue weighted by Gasteiger charge is 2.42. The number of carbonyl (C=O) groups is 2. The zero-order chi connectivity index (χ0) is 32.7. The van der Waals surface area contributed by atoms with Gasteiger partial charge in [0.1, 0.15) is 23.0 Å². The van der Waals surface area contributed by atoms with E-state index in [1.807, 2.05) is 24.3 Å². The molecule has 0 unspecified atom stereocenters. The van der Waals surface area contributed by atoms with Gasteiger partial charge in [0.15, 0.2) is 11.6 Å². The smallest absolute Gasteiger partial charge is 0.163 e. The van der Waals surface area contributed by atoms with Gasteiger partial charge in [-0.3, -0.25) is 9.59 Å². The molecule has 2 heterocycles. The molecule has 0 bridgehead atoms. The van der Waals surface area contributed by atoms with Gasteiger partial charge in [0.2, 0.25) is 0 Å². The van der Waals surface area contributed by atoms with Gasteiger partial charge < -0.3 is 19.3 Å². The number of benzene rings is 2. The van der Waals surface area contributed by atoms with Gasteiger partial charge >= 0.3 is 0 Å². The van der Waals surface area contributed by atoms with Crippen LogP contribution in [0.25, 0.3) is 11.5 Å². The van der Waals surface area contributed by atoms with Crippen molar-refractivity contribution in [3.8, 4) is 11.5 Å². The molecule has 0 amide bonds. The number of aromatic hydroxyl groups is 1. The van der Waals surface area contributed by atoms with Crippen LogP contribution in [0.1, 0.15) is 115 Å². The number of phenols is 1. The van der Waals surface area contributed by atoms with Crippen LogP contribution in [0, 0.1) is 21.7 Å². The van der Waals surface area contributed by atoms with Crippen LogP contribution in [0.15, 0.2) is 47.5 Å². The molecule has 1 N–H and O–H groups in total. The Kier molecular flexibility index (Phi) is 9.36. The molecule has 6 nitrogen and oxygen atoms in total. The van der Waals surface area contributed by atoms with Crippen molar-refractivity contribution in [2.45, 2.75) is 83.1 Å². The Morgan fingerprint density at radius 2 is 1.12 bits per heavy atom. The number of hydrogen-bond acceptors (Lipinski definition) is 6. The normalized spacial score (nSPS) is 17.6. The number of phenolic OH excluding ortho intramolecular Hbond substituents is 1. The maximum absolute atomic E-state index is 11.7. The average Bonchev–Trinajstić information content (AvgIpc) is 3.38. The summed E-state index contributed by atoms with van der Waals surface area (Å²) in [5, 5.41) is 10.0. The first-order valence-electron chi connectivity index (χ1n) is 14.9. The molecule has 6 heteroatoms. The van der Waals surface area contributed by atoms with Crippen molar-refractivity contribution in [3.05, 3.63) is 69.8 Å². The Morgan fingerprint density at radius 1 is 0.721 bits per heavy atom. The first-order chi connectivity index (χ1) is 19.6. The van der Waals surface area contributed by atoms with Gasteiger partial charge in [-0.2, -0.15) is 0 Å². The predicted octanol–water partition coefficient (Wildman–Crippen LogP) is 9.12. The second-order valence-corrected chi connectivity index (χ2v) is 15.0. The lowest BCUT2D eigenvalue weighted by molar-refractivity contribution is 0.100. The molecule has 234 valence electrons. The molecule has 2 aliphatic heterocycles. The molecule has 0 aliphatic carbocycles. The summed E-state index contributed by atoms with van der Waals surface area (Å²) in [5.74, 6) is 2.22. The van der Waals surface area contributed by atoms with Crippen LogP contribution in [0.4, 0.5) is 0 Å². The van der Waals surface area contributed by atoms with Gasteiger partial charge in [-0.1, -0.05) is 81.4 Å². The van der Waals surface area contributed by atoms with Gasteiger partial charge in [-0.25, -0.2) is 0 Å². The third-order valence-corrected chi connectivity index (χ3v) is 7.94. The predicted molar refractivity (Wildman–Crippen MR) is 173 cm³/mol. The van der Waals surface area contributed by atoms with E-state index in [1.165, 1.54) is 18.1 Å². The Labute approximate surface area is 258 Å². The standard InChI is InChI=1S/C19H26O3.C18H24O3/c1-12(20)14-9-8-13(10-15(14)21-7)16-17(18(2,3)4)19(5,6)11-22-16;1-11(19)13-8-7-12(9-14(13)20)15-16(17(2,3)4)18(5,6)10-21-15/h8-10H,11H2,1-7H3;7-9,20H,10H2,1-6H3. The second-order valence-electron chi connectivity index (χ2n) is 15.0. The minimum atomic E-state index is -0.142. The molecule has 4 rings (SSSR count). The minimum Gasteiger partial charge on any atom is -0.507 e. The summed E-state index contributed by atoms with van der Waals surface area (Å²) in [6.07, 6.45) is 0. The monoisotopic (exact) mass is 590 g/mol. The van der Waals surface area contributed by atoms with E-state index in [-0.39, 0.29) is 39.0 Å². The first kappa shape index (κ1) is 34.0. The molecule has 0 saturated carbocycles. The van der Waals surface area contributed by atoms with Gasteiger partial charge in [-0.15, -0.1) is 0 Å². The highest BCUT2D eigenvalue weighted by Crippen LogP contribution is 2.51. The lowest BCUT2D eigenvalue weighted by Crippen LogP contribution is -2.24. The molecule has 2 aromatic rings. The molecular formula is C37H50O6. The van der Waals surface area contributed by atoms with E-state index in [2.05, 4.69) is 69.2 Å². The molecule has 0 radical (unpaired) electrons.